The molecule has 0 saturated carbocycles. The van der Waals surface area contributed by atoms with Crippen LogP contribution in [-0.4, -0.2) is 91.2 Å². The number of fused-ring (bicyclic) bond motifs is 1. The molecule has 43 heavy (non-hydrogen) atoms. The van der Waals surface area contributed by atoms with Crippen LogP contribution < -0.4 is 10.1 Å². The molecule has 4 rings (SSSR count). The molecule has 0 unspecified atom stereocenters. The summed E-state index contributed by atoms with van der Waals surface area (Å²) in [5.41, 5.74) is 4.54. The van der Waals surface area contributed by atoms with Gasteiger partial charge in [-0.3, -0.25) is 14.5 Å². The predicted molar refractivity (Wildman–Crippen MR) is 172 cm³/mol. The molecule has 3 aromatic rings. The van der Waals surface area contributed by atoms with Crippen LogP contribution in [0.2, 0.25) is 0 Å². The Labute approximate surface area is 256 Å². The van der Waals surface area contributed by atoms with Crippen LogP contribution >= 0.6 is 0 Å². The molecule has 0 fully saturated rings. The molecule has 230 valence electrons. The van der Waals surface area contributed by atoms with Gasteiger partial charge in [0.2, 0.25) is 5.91 Å². The average molecular weight is 587 g/mol. The lowest BCUT2D eigenvalue weighted by Crippen LogP contribution is -2.49. The van der Waals surface area contributed by atoms with E-state index in [1.807, 2.05) is 44.1 Å². The van der Waals surface area contributed by atoms with E-state index in [1.165, 1.54) is 16.7 Å². The van der Waals surface area contributed by atoms with E-state index in [1.54, 1.807) is 23.1 Å². The Hall–Kier alpha value is -3.72. The lowest BCUT2D eigenvalue weighted by molar-refractivity contribution is -0.116. The number of hydrogen-bond donors (Lipinski definition) is 2. The van der Waals surface area contributed by atoms with Gasteiger partial charge in [0.1, 0.15) is 11.9 Å². The molecule has 3 atom stereocenters. The minimum absolute atomic E-state index is 0.0186. The van der Waals surface area contributed by atoms with Crippen LogP contribution in [0.15, 0.2) is 72.8 Å². The summed E-state index contributed by atoms with van der Waals surface area (Å²) in [5.74, 6) is 0.205. The van der Waals surface area contributed by atoms with Gasteiger partial charge in [0.05, 0.1) is 18.2 Å². The third-order valence-corrected chi connectivity index (χ3v) is 7.96. The van der Waals surface area contributed by atoms with Crippen molar-refractivity contribution >= 4 is 17.5 Å². The summed E-state index contributed by atoms with van der Waals surface area (Å²) in [6, 6.07) is 23.9. The summed E-state index contributed by atoms with van der Waals surface area (Å²) >= 11 is 0. The minimum Gasteiger partial charge on any atom is -0.488 e. The highest BCUT2D eigenvalue weighted by Gasteiger charge is 2.33. The predicted octanol–water partition coefficient (Wildman–Crippen LogP) is 4.99. The standard InChI is InChI=1S/C35H46N4O4/c1-25-21-39(26(2)24-40)35(42)31-20-30(36-34(41)12-9-19-37(3)4)17-18-32(31)43-33(25)23-38(5)22-27-13-15-29(16-14-27)28-10-7-6-8-11-28/h6-8,10-11,13-18,20,25-26,33,40H,9,12,19,21-24H2,1-5H3,(H,36,41)/t25-,26+,33+/m0/s1. The first kappa shape index (κ1) is 32.2. The van der Waals surface area contributed by atoms with Crippen molar-refractivity contribution in [2.24, 2.45) is 5.92 Å². The molecule has 2 N–H and O–H groups in total. The van der Waals surface area contributed by atoms with Crippen molar-refractivity contribution in [3.8, 4) is 16.9 Å². The zero-order valence-corrected chi connectivity index (χ0v) is 26.1. The third-order valence-electron chi connectivity index (χ3n) is 7.96. The molecule has 0 aromatic heterocycles. The van der Waals surface area contributed by atoms with Crippen LogP contribution in [0.1, 0.15) is 42.6 Å². The second-order valence-electron chi connectivity index (χ2n) is 12.0. The molecule has 2 amide bonds. The highest BCUT2D eigenvalue weighted by Crippen LogP contribution is 2.31. The summed E-state index contributed by atoms with van der Waals surface area (Å²) in [6.07, 6.45) is 0.951. The fourth-order valence-corrected chi connectivity index (χ4v) is 5.41. The molecule has 0 radical (unpaired) electrons. The normalized spacial score (nSPS) is 17.7. The van der Waals surface area contributed by atoms with Crippen molar-refractivity contribution in [3.63, 3.8) is 0 Å². The highest BCUT2D eigenvalue weighted by atomic mass is 16.5. The zero-order chi connectivity index (χ0) is 30.9. The third kappa shape index (κ3) is 8.89. The fraction of sp³-hybridized carbons (Fsp3) is 0.429. The number of carbonyl (C=O) groups is 2. The lowest BCUT2D eigenvalue weighted by Gasteiger charge is -2.38. The largest absolute Gasteiger partial charge is 0.488 e. The number of hydrogen-bond acceptors (Lipinski definition) is 6. The van der Waals surface area contributed by atoms with Crippen molar-refractivity contribution in [2.45, 2.75) is 45.4 Å². The number of rotatable bonds is 12. The number of nitrogens with zero attached hydrogens (tertiary/aromatic N) is 3. The minimum atomic E-state index is -0.355. The van der Waals surface area contributed by atoms with Gasteiger partial charge < -0.3 is 25.0 Å². The molecule has 0 aliphatic carbocycles. The average Bonchev–Trinajstić information content (AvgIpc) is 2.99. The van der Waals surface area contributed by atoms with E-state index in [0.29, 0.717) is 36.5 Å². The number of carbonyl (C=O) groups excluding carboxylic acids is 2. The van der Waals surface area contributed by atoms with Gasteiger partial charge in [-0.15, -0.1) is 0 Å². The van der Waals surface area contributed by atoms with E-state index in [4.69, 9.17) is 4.74 Å². The Balaban J connectivity index is 1.49. The first-order chi connectivity index (χ1) is 20.6. The maximum Gasteiger partial charge on any atom is 0.258 e. The van der Waals surface area contributed by atoms with Gasteiger partial charge in [0, 0.05) is 37.7 Å². The molecule has 3 aromatic carbocycles. The molecule has 1 heterocycles. The Morgan fingerprint density at radius 1 is 1.05 bits per heavy atom. The van der Waals surface area contributed by atoms with Crippen LogP contribution in [0.25, 0.3) is 11.1 Å². The quantitative estimate of drug-likeness (QED) is 0.311. The molecular weight excluding hydrogens is 540 g/mol. The molecule has 1 aliphatic rings. The Kier molecular flexibility index (Phi) is 11.3. The first-order valence-corrected chi connectivity index (χ1v) is 15.1. The number of aliphatic hydroxyl groups excluding tert-OH is 1. The topological polar surface area (TPSA) is 85.3 Å². The van der Waals surface area contributed by atoms with E-state index in [9.17, 15) is 14.7 Å². The van der Waals surface area contributed by atoms with Crippen molar-refractivity contribution in [3.05, 3.63) is 83.9 Å². The Morgan fingerprint density at radius 3 is 2.42 bits per heavy atom. The van der Waals surface area contributed by atoms with Crippen LogP contribution in [-0.2, 0) is 11.3 Å². The number of nitrogens with one attached hydrogen (secondary N) is 1. The summed E-state index contributed by atoms with van der Waals surface area (Å²) in [7, 11) is 6.04. The van der Waals surface area contributed by atoms with E-state index in [0.717, 1.165) is 19.5 Å². The molecule has 0 bridgehead atoms. The smallest absolute Gasteiger partial charge is 0.258 e. The Bertz CT molecular complexity index is 1350. The van der Waals surface area contributed by atoms with Crippen LogP contribution in [0.4, 0.5) is 5.69 Å². The highest BCUT2D eigenvalue weighted by molar-refractivity contribution is 5.99. The Morgan fingerprint density at radius 2 is 1.74 bits per heavy atom. The first-order valence-electron chi connectivity index (χ1n) is 15.1. The summed E-state index contributed by atoms with van der Waals surface area (Å²) in [4.78, 5) is 32.3. The van der Waals surface area contributed by atoms with E-state index >= 15 is 0 Å². The summed E-state index contributed by atoms with van der Waals surface area (Å²) in [6.45, 7) is 6.48. The van der Waals surface area contributed by atoms with Gasteiger partial charge >= 0.3 is 0 Å². The van der Waals surface area contributed by atoms with Gasteiger partial charge in [-0.1, -0.05) is 61.5 Å². The van der Waals surface area contributed by atoms with Gasteiger partial charge in [0.15, 0.2) is 0 Å². The fourth-order valence-electron chi connectivity index (χ4n) is 5.41. The lowest BCUT2D eigenvalue weighted by atomic mass is 9.99. The molecule has 1 aliphatic heterocycles. The van der Waals surface area contributed by atoms with E-state index in [-0.39, 0.29) is 36.5 Å². The number of benzene rings is 3. The van der Waals surface area contributed by atoms with Gasteiger partial charge in [-0.2, -0.15) is 0 Å². The van der Waals surface area contributed by atoms with E-state index in [2.05, 4.69) is 60.6 Å². The van der Waals surface area contributed by atoms with Gasteiger partial charge in [-0.25, -0.2) is 0 Å². The maximum absolute atomic E-state index is 13.7. The number of amides is 2. The second kappa shape index (κ2) is 15.1. The monoisotopic (exact) mass is 586 g/mol. The number of anilines is 1. The van der Waals surface area contributed by atoms with Crippen LogP contribution in [0.3, 0.4) is 0 Å². The van der Waals surface area contributed by atoms with E-state index < -0.39 is 0 Å². The summed E-state index contributed by atoms with van der Waals surface area (Å²) < 4.78 is 6.55. The molecule has 0 spiro atoms. The molecular formula is C35H46N4O4. The van der Waals surface area contributed by atoms with Crippen LogP contribution in [0.5, 0.6) is 5.75 Å². The number of aliphatic hydroxyl groups is 1. The van der Waals surface area contributed by atoms with Crippen LogP contribution in [0, 0.1) is 5.92 Å². The van der Waals surface area contributed by atoms with Crippen molar-refractivity contribution < 1.29 is 19.4 Å². The van der Waals surface area contributed by atoms with Gasteiger partial charge in [0.25, 0.3) is 5.91 Å². The molecule has 8 heteroatoms. The van der Waals surface area contributed by atoms with Crippen molar-refractivity contribution in [1.29, 1.82) is 0 Å². The van der Waals surface area contributed by atoms with Crippen molar-refractivity contribution in [2.75, 3.05) is 52.7 Å². The van der Waals surface area contributed by atoms with Gasteiger partial charge in [-0.05, 0) is 75.9 Å². The number of ether oxygens (including phenoxy) is 1. The summed E-state index contributed by atoms with van der Waals surface area (Å²) in [5, 5.41) is 12.9. The number of likely N-dealkylation sites (N-methyl/N-ethyl adjacent to an activating group) is 1. The zero-order valence-electron chi connectivity index (χ0n) is 26.1. The van der Waals surface area contributed by atoms with Crippen molar-refractivity contribution in [1.82, 2.24) is 14.7 Å². The second-order valence-corrected chi connectivity index (χ2v) is 12.0. The molecule has 0 saturated heterocycles. The SMILES string of the molecule is C[C@H](CO)N1C[C@H](C)[C@@H](CN(C)Cc2ccc(-c3ccccc3)cc2)Oc2ccc(NC(=O)CCCN(C)C)cc2C1=O. The molecule has 8 nitrogen and oxygen atoms in total. The maximum atomic E-state index is 13.7.